The van der Waals surface area contributed by atoms with Crippen LogP contribution in [0.1, 0.15) is 31.7 Å². The van der Waals surface area contributed by atoms with Crippen LogP contribution < -0.4 is 0 Å². The van der Waals surface area contributed by atoms with Gasteiger partial charge >= 0.3 is 0 Å². The molecule has 1 aliphatic heterocycles. The maximum atomic E-state index is 12.2. The Balaban J connectivity index is 1.75. The van der Waals surface area contributed by atoms with Crippen molar-refractivity contribution in [1.29, 1.82) is 0 Å². The summed E-state index contributed by atoms with van der Waals surface area (Å²) >= 11 is 5.85. The van der Waals surface area contributed by atoms with E-state index in [0.717, 1.165) is 18.4 Å². The Bertz CT molecular complexity index is 508. The third-order valence-electron chi connectivity index (χ3n) is 3.99. The van der Waals surface area contributed by atoms with E-state index in [1.807, 2.05) is 41.0 Å². The van der Waals surface area contributed by atoms with Gasteiger partial charge in [0.25, 0.3) is 0 Å². The fourth-order valence-corrected chi connectivity index (χ4v) is 2.76. The number of amides is 2. The molecule has 1 aromatic rings. The molecule has 22 heavy (non-hydrogen) atoms. The van der Waals surface area contributed by atoms with Gasteiger partial charge in [-0.1, -0.05) is 30.7 Å². The zero-order chi connectivity index (χ0) is 15.9. The van der Waals surface area contributed by atoms with E-state index in [4.69, 9.17) is 11.6 Å². The van der Waals surface area contributed by atoms with E-state index in [9.17, 15) is 9.59 Å². The van der Waals surface area contributed by atoms with E-state index < -0.39 is 0 Å². The number of carbonyl (C=O) groups excluding carboxylic acids is 2. The number of piperazine rings is 1. The number of rotatable bonds is 5. The summed E-state index contributed by atoms with van der Waals surface area (Å²) in [5.74, 6) is 0.369. The van der Waals surface area contributed by atoms with Gasteiger partial charge in [0.1, 0.15) is 0 Å². The number of hydrogen-bond donors (Lipinski definition) is 0. The van der Waals surface area contributed by atoms with Gasteiger partial charge in [0.15, 0.2) is 0 Å². The Morgan fingerprint density at radius 2 is 1.45 bits per heavy atom. The largest absolute Gasteiger partial charge is 0.339 e. The van der Waals surface area contributed by atoms with Crippen molar-refractivity contribution in [2.45, 2.75) is 32.6 Å². The fraction of sp³-hybridized carbons (Fsp3) is 0.529. The Morgan fingerprint density at radius 1 is 0.955 bits per heavy atom. The van der Waals surface area contributed by atoms with Crippen molar-refractivity contribution in [3.8, 4) is 0 Å². The van der Waals surface area contributed by atoms with Crippen molar-refractivity contribution in [1.82, 2.24) is 9.80 Å². The van der Waals surface area contributed by atoms with E-state index in [1.54, 1.807) is 0 Å². The molecule has 0 N–H and O–H groups in total. The van der Waals surface area contributed by atoms with Crippen LogP contribution in [-0.2, 0) is 16.0 Å². The average molecular weight is 323 g/mol. The molecule has 0 bridgehead atoms. The van der Waals surface area contributed by atoms with Crippen LogP contribution in [0.25, 0.3) is 0 Å². The zero-order valence-corrected chi connectivity index (χ0v) is 13.8. The van der Waals surface area contributed by atoms with E-state index in [-0.39, 0.29) is 11.8 Å². The second kappa shape index (κ2) is 8.18. The Labute approximate surface area is 137 Å². The number of carbonyl (C=O) groups is 2. The number of nitrogens with zero attached hydrogens (tertiary/aromatic N) is 2. The predicted molar refractivity (Wildman–Crippen MR) is 87.8 cm³/mol. The molecule has 0 unspecified atom stereocenters. The van der Waals surface area contributed by atoms with E-state index in [1.165, 1.54) is 0 Å². The molecular weight excluding hydrogens is 300 g/mol. The first kappa shape index (κ1) is 16.8. The molecule has 0 saturated carbocycles. The second-order valence-corrected chi connectivity index (χ2v) is 6.07. The van der Waals surface area contributed by atoms with Crippen molar-refractivity contribution < 1.29 is 9.59 Å². The van der Waals surface area contributed by atoms with Gasteiger partial charge in [-0.15, -0.1) is 0 Å². The fourth-order valence-electron chi connectivity index (χ4n) is 2.64. The molecule has 0 aromatic heterocycles. The van der Waals surface area contributed by atoms with Crippen molar-refractivity contribution in [2.75, 3.05) is 26.2 Å². The standard InChI is InChI=1S/C17H23ClN2O2/c1-2-3-16(21)19-10-12-20(13-11-19)17(22)9-6-14-4-7-15(18)8-5-14/h4-5,7-8H,2-3,6,9-13H2,1H3. The maximum Gasteiger partial charge on any atom is 0.223 e. The van der Waals surface area contributed by atoms with Crippen LogP contribution in [0.3, 0.4) is 0 Å². The predicted octanol–water partition coefficient (Wildman–Crippen LogP) is 2.74. The normalized spacial score (nSPS) is 15.0. The summed E-state index contributed by atoms with van der Waals surface area (Å²) in [6.07, 6.45) is 2.71. The van der Waals surface area contributed by atoms with E-state index in [2.05, 4.69) is 0 Å². The van der Waals surface area contributed by atoms with Crippen LogP contribution in [0.2, 0.25) is 5.02 Å². The van der Waals surface area contributed by atoms with Crippen LogP contribution in [0.15, 0.2) is 24.3 Å². The summed E-state index contributed by atoms with van der Waals surface area (Å²) in [6.45, 7) is 4.62. The van der Waals surface area contributed by atoms with Gasteiger partial charge in [0, 0.05) is 44.0 Å². The van der Waals surface area contributed by atoms with Gasteiger partial charge in [-0.3, -0.25) is 9.59 Å². The molecule has 5 heteroatoms. The smallest absolute Gasteiger partial charge is 0.223 e. The van der Waals surface area contributed by atoms with Crippen molar-refractivity contribution in [3.05, 3.63) is 34.9 Å². The lowest BCUT2D eigenvalue weighted by Crippen LogP contribution is -2.50. The number of aryl methyl sites for hydroxylation is 1. The molecule has 0 radical (unpaired) electrons. The summed E-state index contributed by atoms with van der Waals surface area (Å²) in [7, 11) is 0. The summed E-state index contributed by atoms with van der Waals surface area (Å²) < 4.78 is 0. The van der Waals surface area contributed by atoms with Crippen LogP contribution in [0, 0.1) is 0 Å². The minimum atomic E-state index is 0.164. The van der Waals surface area contributed by atoms with E-state index in [0.29, 0.717) is 44.0 Å². The number of halogens is 1. The molecule has 120 valence electrons. The second-order valence-electron chi connectivity index (χ2n) is 5.64. The lowest BCUT2D eigenvalue weighted by molar-refractivity contribution is -0.139. The molecule has 1 saturated heterocycles. The molecule has 1 aliphatic rings. The number of hydrogen-bond acceptors (Lipinski definition) is 2. The monoisotopic (exact) mass is 322 g/mol. The Hall–Kier alpha value is -1.55. The molecule has 0 atom stereocenters. The quantitative estimate of drug-likeness (QED) is 0.836. The summed E-state index contributed by atoms with van der Waals surface area (Å²) in [4.78, 5) is 27.8. The molecule has 1 fully saturated rings. The maximum absolute atomic E-state index is 12.2. The van der Waals surface area contributed by atoms with Gasteiger partial charge < -0.3 is 9.80 Å². The first-order chi connectivity index (χ1) is 10.6. The minimum absolute atomic E-state index is 0.164. The topological polar surface area (TPSA) is 40.6 Å². The molecule has 2 rings (SSSR count). The van der Waals surface area contributed by atoms with Gasteiger partial charge in [0.2, 0.25) is 11.8 Å². The molecule has 1 aromatic carbocycles. The van der Waals surface area contributed by atoms with Crippen LogP contribution >= 0.6 is 11.6 Å². The van der Waals surface area contributed by atoms with E-state index >= 15 is 0 Å². The van der Waals surface area contributed by atoms with Gasteiger partial charge in [-0.2, -0.15) is 0 Å². The first-order valence-electron chi connectivity index (χ1n) is 7.90. The molecule has 0 spiro atoms. The summed E-state index contributed by atoms with van der Waals surface area (Å²) in [5, 5.41) is 0.711. The summed E-state index contributed by atoms with van der Waals surface area (Å²) in [6, 6.07) is 7.60. The van der Waals surface area contributed by atoms with Gasteiger partial charge in [-0.05, 0) is 30.5 Å². The lowest BCUT2D eigenvalue weighted by atomic mass is 10.1. The molecule has 4 nitrogen and oxygen atoms in total. The average Bonchev–Trinajstić information content (AvgIpc) is 2.54. The Kier molecular flexibility index (Phi) is 6.25. The first-order valence-corrected chi connectivity index (χ1v) is 8.28. The van der Waals surface area contributed by atoms with Gasteiger partial charge in [0.05, 0.1) is 0 Å². The molecule has 0 aliphatic carbocycles. The zero-order valence-electron chi connectivity index (χ0n) is 13.1. The third-order valence-corrected chi connectivity index (χ3v) is 4.24. The molecular formula is C17H23ClN2O2. The van der Waals surface area contributed by atoms with Crippen molar-refractivity contribution in [2.24, 2.45) is 0 Å². The van der Waals surface area contributed by atoms with Crippen molar-refractivity contribution in [3.63, 3.8) is 0 Å². The molecule has 2 amide bonds. The van der Waals surface area contributed by atoms with Crippen LogP contribution in [0.4, 0.5) is 0 Å². The minimum Gasteiger partial charge on any atom is -0.339 e. The highest BCUT2D eigenvalue weighted by molar-refractivity contribution is 6.30. The Morgan fingerprint density at radius 3 is 1.95 bits per heavy atom. The lowest BCUT2D eigenvalue weighted by Gasteiger charge is -2.35. The summed E-state index contributed by atoms with van der Waals surface area (Å²) in [5.41, 5.74) is 1.12. The van der Waals surface area contributed by atoms with Crippen LogP contribution in [-0.4, -0.2) is 47.8 Å². The SMILES string of the molecule is CCCC(=O)N1CCN(C(=O)CCc2ccc(Cl)cc2)CC1. The highest BCUT2D eigenvalue weighted by Gasteiger charge is 2.23. The highest BCUT2D eigenvalue weighted by atomic mass is 35.5. The van der Waals surface area contributed by atoms with Crippen LogP contribution in [0.5, 0.6) is 0 Å². The van der Waals surface area contributed by atoms with Gasteiger partial charge in [-0.25, -0.2) is 0 Å². The molecule has 1 heterocycles. The third kappa shape index (κ3) is 4.73. The van der Waals surface area contributed by atoms with Crippen molar-refractivity contribution >= 4 is 23.4 Å². The highest BCUT2D eigenvalue weighted by Crippen LogP contribution is 2.12. The number of benzene rings is 1.